The van der Waals surface area contributed by atoms with Gasteiger partial charge in [0.05, 0.1) is 10.8 Å². The average molecular weight is 407 g/mol. The third-order valence-corrected chi connectivity index (χ3v) is 6.65. The second kappa shape index (κ2) is 10.0. The van der Waals surface area contributed by atoms with Gasteiger partial charge in [0, 0.05) is 25.7 Å². The van der Waals surface area contributed by atoms with Crippen LogP contribution in [0.3, 0.4) is 0 Å². The third kappa shape index (κ3) is 5.13. The average Bonchev–Trinajstić information content (AvgIpc) is 3.28. The second-order valence-corrected chi connectivity index (χ2v) is 8.59. The number of amides is 2. The third-order valence-electron chi connectivity index (χ3n) is 5.79. The molecule has 28 heavy (non-hydrogen) atoms. The highest BCUT2D eigenvalue weighted by atomic mass is 32.1. The number of likely N-dealkylation sites (tertiary alicyclic amines) is 1. The van der Waals surface area contributed by atoms with Crippen molar-refractivity contribution in [3.8, 4) is 0 Å². The molecule has 1 unspecified atom stereocenters. The molecule has 2 amide bonds. The Labute approximate surface area is 170 Å². The predicted octanol–water partition coefficient (Wildman–Crippen LogP) is 3.32. The van der Waals surface area contributed by atoms with E-state index in [9.17, 15) is 14.4 Å². The lowest BCUT2D eigenvalue weighted by atomic mass is 9.94. The molecular formula is C21H30N2O4S. The maximum absolute atomic E-state index is 12.6. The topological polar surface area (TPSA) is 66.9 Å². The van der Waals surface area contributed by atoms with Crippen LogP contribution >= 0.6 is 11.3 Å². The molecule has 0 radical (unpaired) electrons. The lowest BCUT2D eigenvalue weighted by molar-refractivity contribution is -0.157. The molecule has 2 aliphatic rings. The van der Waals surface area contributed by atoms with Crippen molar-refractivity contribution in [3.63, 3.8) is 0 Å². The van der Waals surface area contributed by atoms with E-state index in [1.807, 2.05) is 23.3 Å². The van der Waals surface area contributed by atoms with Gasteiger partial charge in [-0.05, 0) is 44.1 Å². The largest absolute Gasteiger partial charge is 0.455 e. The fraction of sp³-hybridized carbons (Fsp3) is 0.667. The molecule has 3 rings (SSSR count). The van der Waals surface area contributed by atoms with Crippen LogP contribution in [0.4, 0.5) is 0 Å². The van der Waals surface area contributed by atoms with Crippen LogP contribution in [0.1, 0.15) is 61.5 Å². The smallest absolute Gasteiger partial charge is 0.311 e. The van der Waals surface area contributed by atoms with Crippen LogP contribution in [0.2, 0.25) is 0 Å². The lowest BCUT2D eigenvalue weighted by Gasteiger charge is -2.34. The lowest BCUT2D eigenvalue weighted by Crippen LogP contribution is -2.45. The summed E-state index contributed by atoms with van der Waals surface area (Å²) in [7, 11) is 0. The summed E-state index contributed by atoms with van der Waals surface area (Å²) in [4.78, 5) is 41.9. The maximum Gasteiger partial charge on any atom is 0.311 e. The Hall–Kier alpha value is -1.89. The molecule has 1 atom stereocenters. The highest BCUT2D eigenvalue weighted by Gasteiger charge is 2.31. The van der Waals surface area contributed by atoms with Gasteiger partial charge in [0.2, 0.25) is 0 Å². The Morgan fingerprint density at radius 2 is 1.96 bits per heavy atom. The van der Waals surface area contributed by atoms with Gasteiger partial charge in [-0.2, -0.15) is 0 Å². The predicted molar refractivity (Wildman–Crippen MR) is 108 cm³/mol. The van der Waals surface area contributed by atoms with Gasteiger partial charge in [0.25, 0.3) is 11.8 Å². The molecule has 1 aliphatic carbocycles. The molecule has 0 bridgehead atoms. The van der Waals surface area contributed by atoms with Gasteiger partial charge in [-0.15, -0.1) is 11.3 Å². The van der Waals surface area contributed by atoms with Crippen LogP contribution in [-0.2, 0) is 14.3 Å². The summed E-state index contributed by atoms with van der Waals surface area (Å²) in [5, 5.41) is 1.88. The van der Waals surface area contributed by atoms with E-state index in [0.717, 1.165) is 32.1 Å². The van der Waals surface area contributed by atoms with Gasteiger partial charge >= 0.3 is 5.97 Å². The van der Waals surface area contributed by atoms with E-state index in [2.05, 4.69) is 0 Å². The zero-order valence-corrected chi connectivity index (χ0v) is 17.4. The summed E-state index contributed by atoms with van der Waals surface area (Å²) in [6.45, 7) is 3.45. The zero-order chi connectivity index (χ0) is 19.9. The summed E-state index contributed by atoms with van der Waals surface area (Å²) in [5.74, 6) is -0.852. The molecule has 1 aliphatic heterocycles. The quantitative estimate of drug-likeness (QED) is 0.680. The van der Waals surface area contributed by atoms with Gasteiger partial charge in [-0.25, -0.2) is 0 Å². The minimum Gasteiger partial charge on any atom is -0.455 e. The van der Waals surface area contributed by atoms with Crippen molar-refractivity contribution in [3.05, 3.63) is 22.4 Å². The summed E-state index contributed by atoms with van der Waals surface area (Å²) >= 11 is 1.41. The van der Waals surface area contributed by atoms with Crippen molar-refractivity contribution in [1.82, 2.24) is 9.80 Å². The highest BCUT2D eigenvalue weighted by molar-refractivity contribution is 7.12. The molecule has 154 valence electrons. The Kier molecular flexibility index (Phi) is 7.48. The molecular weight excluding hydrogens is 376 g/mol. The summed E-state index contributed by atoms with van der Waals surface area (Å²) in [6.07, 6.45) is 7.09. The van der Waals surface area contributed by atoms with Crippen LogP contribution in [0.15, 0.2) is 17.5 Å². The number of likely N-dealkylation sites (N-methyl/N-ethyl adjacent to an activating group) is 1. The number of hydrogen-bond acceptors (Lipinski definition) is 5. The number of hydrogen-bond donors (Lipinski definition) is 0. The van der Waals surface area contributed by atoms with Crippen molar-refractivity contribution in [2.24, 2.45) is 5.92 Å². The standard InChI is InChI=1S/C21H30N2O4S/c1-2-23(17-9-4-3-5-10-17)19(24)15-27-21(26)16-8-6-12-22(14-16)20(25)18-11-7-13-28-18/h7,11,13,16-17H,2-6,8-10,12,14-15H2,1H3. The van der Waals surface area contributed by atoms with Gasteiger partial charge in [0.15, 0.2) is 6.61 Å². The molecule has 0 aromatic carbocycles. The van der Waals surface area contributed by atoms with Crippen LogP contribution in [0.25, 0.3) is 0 Å². The van der Waals surface area contributed by atoms with Gasteiger partial charge in [0.1, 0.15) is 0 Å². The highest BCUT2D eigenvalue weighted by Crippen LogP contribution is 2.24. The van der Waals surface area contributed by atoms with E-state index in [0.29, 0.717) is 30.9 Å². The number of nitrogens with zero attached hydrogens (tertiary/aromatic N) is 2. The first-order valence-corrected chi connectivity index (χ1v) is 11.3. The molecule has 1 aromatic heterocycles. The molecule has 1 aromatic rings. The summed E-state index contributed by atoms with van der Waals surface area (Å²) in [6, 6.07) is 3.93. The van der Waals surface area contributed by atoms with Gasteiger partial charge < -0.3 is 14.5 Å². The zero-order valence-electron chi connectivity index (χ0n) is 16.6. The summed E-state index contributed by atoms with van der Waals surface area (Å²) in [5.41, 5.74) is 0. The van der Waals surface area contributed by atoms with Crippen molar-refractivity contribution in [2.45, 2.75) is 57.9 Å². The molecule has 6 nitrogen and oxygen atoms in total. The van der Waals surface area contributed by atoms with Crippen LogP contribution in [0.5, 0.6) is 0 Å². The van der Waals surface area contributed by atoms with Crippen molar-refractivity contribution >= 4 is 29.1 Å². The first-order valence-electron chi connectivity index (χ1n) is 10.4. The number of thiophene rings is 1. The second-order valence-electron chi connectivity index (χ2n) is 7.65. The minimum atomic E-state index is -0.364. The maximum atomic E-state index is 12.6. The van der Waals surface area contributed by atoms with Crippen molar-refractivity contribution < 1.29 is 19.1 Å². The number of carbonyl (C=O) groups is 3. The van der Waals surface area contributed by atoms with E-state index in [-0.39, 0.29) is 36.4 Å². The molecule has 2 heterocycles. The molecule has 0 N–H and O–H groups in total. The Balaban J connectivity index is 1.49. The van der Waals surface area contributed by atoms with Gasteiger partial charge in [-0.3, -0.25) is 14.4 Å². The number of ether oxygens (including phenoxy) is 1. The SMILES string of the molecule is CCN(C(=O)COC(=O)C1CCCN(C(=O)c2cccs2)C1)C1CCCCC1. The minimum absolute atomic E-state index is 0.0296. The van der Waals surface area contributed by atoms with E-state index in [1.54, 1.807) is 11.0 Å². The number of piperidine rings is 1. The van der Waals surface area contributed by atoms with Crippen molar-refractivity contribution in [2.75, 3.05) is 26.2 Å². The number of esters is 1. The van der Waals surface area contributed by atoms with E-state index in [4.69, 9.17) is 4.74 Å². The van der Waals surface area contributed by atoms with Crippen LogP contribution < -0.4 is 0 Å². The van der Waals surface area contributed by atoms with Gasteiger partial charge in [-0.1, -0.05) is 25.3 Å². The molecule has 2 fully saturated rings. The summed E-state index contributed by atoms with van der Waals surface area (Å²) < 4.78 is 5.37. The molecule has 0 spiro atoms. The van der Waals surface area contributed by atoms with E-state index < -0.39 is 0 Å². The fourth-order valence-corrected chi connectivity index (χ4v) is 4.97. The molecule has 7 heteroatoms. The Morgan fingerprint density at radius 3 is 2.64 bits per heavy atom. The number of carbonyl (C=O) groups excluding carboxylic acids is 3. The monoisotopic (exact) mass is 406 g/mol. The molecule has 1 saturated heterocycles. The van der Waals surface area contributed by atoms with E-state index in [1.165, 1.54) is 17.8 Å². The Bertz CT molecular complexity index is 670. The fourth-order valence-electron chi connectivity index (χ4n) is 4.27. The Morgan fingerprint density at radius 1 is 1.18 bits per heavy atom. The first-order chi connectivity index (χ1) is 13.6. The van der Waals surface area contributed by atoms with Crippen LogP contribution in [0, 0.1) is 5.92 Å². The van der Waals surface area contributed by atoms with Crippen molar-refractivity contribution in [1.29, 1.82) is 0 Å². The van der Waals surface area contributed by atoms with E-state index >= 15 is 0 Å². The number of rotatable bonds is 6. The van der Waals surface area contributed by atoms with Crippen LogP contribution in [-0.4, -0.2) is 59.9 Å². The first kappa shape index (κ1) is 20.8. The normalized spacial score (nSPS) is 20.6. The molecule has 1 saturated carbocycles.